The predicted molar refractivity (Wildman–Crippen MR) is 57.9 cm³/mol. The molecule has 0 aromatic heterocycles. The van der Waals surface area contributed by atoms with Crippen LogP contribution in [0.3, 0.4) is 0 Å². The van der Waals surface area contributed by atoms with E-state index in [2.05, 4.69) is 14.8 Å². The van der Waals surface area contributed by atoms with Crippen LogP contribution < -0.4 is 5.32 Å². The molecule has 0 saturated heterocycles. The van der Waals surface area contributed by atoms with Crippen molar-refractivity contribution in [2.24, 2.45) is 5.41 Å². The number of nitrogens with one attached hydrogen (secondary N) is 1. The van der Waals surface area contributed by atoms with Gasteiger partial charge in [0.1, 0.15) is 0 Å². The van der Waals surface area contributed by atoms with Gasteiger partial charge in [0.15, 0.2) is 0 Å². The molecule has 1 amide bonds. The van der Waals surface area contributed by atoms with E-state index in [4.69, 9.17) is 0 Å². The zero-order valence-electron chi connectivity index (χ0n) is 9.88. The Morgan fingerprint density at radius 3 is 2.31 bits per heavy atom. The first-order valence-electron chi connectivity index (χ1n) is 5.50. The highest BCUT2D eigenvalue weighted by atomic mass is 16.5. The highest BCUT2D eigenvalue weighted by molar-refractivity contribution is 5.71. The van der Waals surface area contributed by atoms with Crippen molar-refractivity contribution in [1.29, 1.82) is 0 Å². The summed E-state index contributed by atoms with van der Waals surface area (Å²) in [5.41, 5.74) is -0.138. The van der Waals surface area contributed by atoms with Gasteiger partial charge in [-0.05, 0) is 18.3 Å². The third-order valence-corrected chi connectivity index (χ3v) is 3.20. The Balaban J connectivity index is 2.51. The van der Waals surface area contributed by atoms with Crippen LogP contribution in [-0.2, 0) is 14.3 Å². The summed E-state index contributed by atoms with van der Waals surface area (Å²) in [5.74, 6) is -0.214. The number of amides is 1. The first kappa shape index (κ1) is 12.8. The molecule has 0 aliphatic heterocycles. The zero-order valence-corrected chi connectivity index (χ0v) is 9.88. The molecule has 92 valence electrons. The van der Waals surface area contributed by atoms with Gasteiger partial charge in [-0.2, -0.15) is 0 Å². The average Bonchev–Trinajstić information content (AvgIpc) is 2.74. The zero-order chi connectivity index (χ0) is 12.0. The molecule has 0 radical (unpaired) electrons. The lowest BCUT2D eigenvalue weighted by Gasteiger charge is -2.27. The van der Waals surface area contributed by atoms with Crippen LogP contribution in [-0.4, -0.2) is 32.8 Å². The van der Waals surface area contributed by atoms with Gasteiger partial charge in [-0.25, -0.2) is 4.79 Å². The monoisotopic (exact) mass is 229 g/mol. The number of rotatable bonds is 4. The number of esters is 1. The number of ether oxygens (including phenoxy) is 2. The smallest absolute Gasteiger partial charge is 0.406 e. The van der Waals surface area contributed by atoms with E-state index in [1.54, 1.807) is 0 Å². The fraction of sp³-hybridized carbons (Fsp3) is 0.818. The van der Waals surface area contributed by atoms with E-state index < -0.39 is 6.09 Å². The highest BCUT2D eigenvalue weighted by Gasteiger charge is 2.36. The topological polar surface area (TPSA) is 64.6 Å². The van der Waals surface area contributed by atoms with Crippen LogP contribution in [0, 0.1) is 5.41 Å². The van der Waals surface area contributed by atoms with E-state index in [1.165, 1.54) is 14.2 Å². The number of alkyl carbamates (subject to hydrolysis) is 1. The van der Waals surface area contributed by atoms with Crippen LogP contribution in [0.5, 0.6) is 0 Å². The molecule has 0 spiro atoms. The van der Waals surface area contributed by atoms with Gasteiger partial charge in [-0.3, -0.25) is 4.79 Å². The van der Waals surface area contributed by atoms with Crippen LogP contribution in [0.25, 0.3) is 0 Å². The van der Waals surface area contributed by atoms with E-state index in [1.807, 2.05) is 0 Å². The van der Waals surface area contributed by atoms with Crippen molar-refractivity contribution in [3.63, 3.8) is 0 Å². The molecule has 16 heavy (non-hydrogen) atoms. The molecule has 1 aliphatic carbocycles. The standard InChI is InChI=1S/C11H19NO4/c1-15-9(13)7-11(5-3-4-6-11)8-12-10(14)16-2/h3-8H2,1-2H3,(H,12,14). The summed E-state index contributed by atoms with van der Waals surface area (Å²) in [6.45, 7) is 0.481. The van der Waals surface area contributed by atoms with Crippen molar-refractivity contribution < 1.29 is 19.1 Å². The average molecular weight is 229 g/mol. The Morgan fingerprint density at radius 1 is 1.19 bits per heavy atom. The predicted octanol–water partition coefficient (Wildman–Crippen LogP) is 1.47. The summed E-state index contributed by atoms with van der Waals surface area (Å²) in [7, 11) is 2.72. The Labute approximate surface area is 95.5 Å². The number of hydrogen-bond acceptors (Lipinski definition) is 4. The minimum atomic E-state index is -0.448. The summed E-state index contributed by atoms with van der Waals surface area (Å²) in [6.07, 6.45) is 4.02. The first-order chi connectivity index (χ1) is 7.62. The van der Waals surface area contributed by atoms with Gasteiger partial charge in [0.25, 0.3) is 0 Å². The van der Waals surface area contributed by atoms with Crippen molar-refractivity contribution in [3.8, 4) is 0 Å². The Kier molecular flexibility index (Phi) is 4.58. The Morgan fingerprint density at radius 2 is 1.81 bits per heavy atom. The van der Waals surface area contributed by atoms with E-state index in [-0.39, 0.29) is 11.4 Å². The second-order valence-corrected chi connectivity index (χ2v) is 4.31. The molecule has 0 bridgehead atoms. The van der Waals surface area contributed by atoms with Crippen molar-refractivity contribution in [3.05, 3.63) is 0 Å². The van der Waals surface area contributed by atoms with Crippen molar-refractivity contribution in [2.45, 2.75) is 32.1 Å². The maximum atomic E-state index is 11.3. The number of hydrogen-bond donors (Lipinski definition) is 1. The quantitative estimate of drug-likeness (QED) is 0.741. The molecule has 0 atom stereocenters. The molecule has 5 heteroatoms. The molecule has 1 fully saturated rings. The second-order valence-electron chi connectivity index (χ2n) is 4.31. The van der Waals surface area contributed by atoms with Gasteiger partial charge in [-0.1, -0.05) is 12.8 Å². The van der Waals surface area contributed by atoms with Crippen LogP contribution in [0.15, 0.2) is 0 Å². The fourth-order valence-corrected chi connectivity index (χ4v) is 2.25. The lowest BCUT2D eigenvalue weighted by Crippen LogP contribution is -2.37. The van der Waals surface area contributed by atoms with Crippen LogP contribution >= 0.6 is 0 Å². The number of carbonyl (C=O) groups is 2. The number of methoxy groups -OCH3 is 2. The molecule has 0 aromatic rings. The number of carbonyl (C=O) groups excluding carboxylic acids is 2. The fourth-order valence-electron chi connectivity index (χ4n) is 2.25. The third kappa shape index (κ3) is 3.40. The van der Waals surface area contributed by atoms with Gasteiger partial charge in [0.2, 0.25) is 0 Å². The largest absolute Gasteiger partial charge is 0.469 e. The minimum Gasteiger partial charge on any atom is -0.469 e. The van der Waals surface area contributed by atoms with Gasteiger partial charge < -0.3 is 14.8 Å². The molecule has 1 N–H and O–H groups in total. The van der Waals surface area contributed by atoms with Gasteiger partial charge in [0, 0.05) is 6.54 Å². The molecule has 0 heterocycles. The molecule has 1 saturated carbocycles. The molecule has 1 rings (SSSR count). The maximum absolute atomic E-state index is 11.3. The van der Waals surface area contributed by atoms with E-state index >= 15 is 0 Å². The lowest BCUT2D eigenvalue weighted by molar-refractivity contribution is -0.143. The van der Waals surface area contributed by atoms with Crippen LogP contribution in [0.2, 0.25) is 0 Å². The van der Waals surface area contributed by atoms with Gasteiger partial charge >= 0.3 is 12.1 Å². The van der Waals surface area contributed by atoms with Crippen molar-refractivity contribution >= 4 is 12.1 Å². The van der Waals surface area contributed by atoms with Crippen LogP contribution in [0.1, 0.15) is 32.1 Å². The normalized spacial score (nSPS) is 17.9. The summed E-state index contributed by atoms with van der Waals surface area (Å²) < 4.78 is 9.21. The lowest BCUT2D eigenvalue weighted by atomic mass is 9.82. The first-order valence-corrected chi connectivity index (χ1v) is 5.50. The van der Waals surface area contributed by atoms with Gasteiger partial charge in [0.05, 0.1) is 20.6 Å². The molecule has 0 aromatic carbocycles. The van der Waals surface area contributed by atoms with Gasteiger partial charge in [-0.15, -0.1) is 0 Å². The van der Waals surface area contributed by atoms with Crippen molar-refractivity contribution in [1.82, 2.24) is 5.32 Å². The Bertz CT molecular complexity index is 259. The maximum Gasteiger partial charge on any atom is 0.406 e. The third-order valence-electron chi connectivity index (χ3n) is 3.20. The van der Waals surface area contributed by atoms with Crippen LogP contribution in [0.4, 0.5) is 4.79 Å². The molecular formula is C11H19NO4. The van der Waals surface area contributed by atoms with Crippen molar-refractivity contribution in [2.75, 3.05) is 20.8 Å². The second kappa shape index (κ2) is 5.72. The van der Waals surface area contributed by atoms with E-state index in [9.17, 15) is 9.59 Å². The summed E-state index contributed by atoms with van der Waals surface area (Å²) in [4.78, 5) is 22.3. The van der Waals surface area contributed by atoms with E-state index in [0.717, 1.165) is 25.7 Å². The molecule has 1 aliphatic rings. The summed E-state index contributed by atoms with van der Waals surface area (Å²) in [6, 6.07) is 0. The summed E-state index contributed by atoms with van der Waals surface area (Å²) in [5, 5.41) is 2.68. The Hall–Kier alpha value is -1.26. The minimum absolute atomic E-state index is 0.138. The van der Waals surface area contributed by atoms with E-state index in [0.29, 0.717) is 13.0 Å². The highest BCUT2D eigenvalue weighted by Crippen LogP contribution is 2.40. The SMILES string of the molecule is COC(=O)CC1(CNC(=O)OC)CCCC1. The molecular weight excluding hydrogens is 210 g/mol. The summed E-state index contributed by atoms with van der Waals surface area (Å²) >= 11 is 0. The molecule has 0 unspecified atom stereocenters. The molecule has 5 nitrogen and oxygen atoms in total.